The summed E-state index contributed by atoms with van der Waals surface area (Å²) in [5.74, 6) is 0.244. The number of amides is 1. The van der Waals surface area contributed by atoms with Crippen LogP contribution in [0.25, 0.3) is 5.52 Å². The van der Waals surface area contributed by atoms with Crippen LogP contribution in [0.1, 0.15) is 28.9 Å². The number of halogens is 4. The van der Waals surface area contributed by atoms with Crippen molar-refractivity contribution in [3.8, 4) is 5.75 Å². The number of rotatable bonds is 4. The molecule has 11 heteroatoms. The Morgan fingerprint density at radius 3 is 2.50 bits per heavy atom. The number of carbonyl (C=O) groups is 1. The number of ether oxygens (including phenoxy) is 1. The zero-order valence-corrected chi connectivity index (χ0v) is 17.9. The van der Waals surface area contributed by atoms with Crippen molar-refractivity contribution in [3.05, 3.63) is 63.3 Å². The molecule has 1 amide bonds. The van der Waals surface area contributed by atoms with Gasteiger partial charge in [0.25, 0.3) is 11.5 Å². The molecule has 0 N–H and O–H groups in total. The first-order chi connectivity index (χ1) is 15.1. The summed E-state index contributed by atoms with van der Waals surface area (Å²) in [6, 6.07) is 7.00. The highest BCUT2D eigenvalue weighted by Crippen LogP contribution is 2.23. The van der Waals surface area contributed by atoms with Crippen LogP contribution in [0.15, 0.2) is 41.5 Å². The number of hydrogen-bond acceptors (Lipinski definition) is 4. The summed E-state index contributed by atoms with van der Waals surface area (Å²) in [5, 5.41) is 4.66. The minimum absolute atomic E-state index is 0.00769. The highest BCUT2D eigenvalue weighted by atomic mass is 35.5. The summed E-state index contributed by atoms with van der Waals surface area (Å²) < 4.78 is 46.3. The first-order valence-electron chi connectivity index (χ1n) is 9.98. The molecule has 0 radical (unpaired) electrons. The number of aromatic nitrogens is 3. The summed E-state index contributed by atoms with van der Waals surface area (Å²) in [5.41, 5.74) is -0.752. The number of benzene rings is 1. The summed E-state index contributed by atoms with van der Waals surface area (Å²) in [6.45, 7) is 0.865. The largest absolute Gasteiger partial charge is 0.490 e. The van der Waals surface area contributed by atoms with Crippen LogP contribution >= 0.6 is 11.6 Å². The standard InChI is InChI=1S/C21H20ClF3N4O3/c1-13-11-28(12-21(23,24)25)20(31)18-17(10-26-29(13)18)19(30)27-8-6-16(7-9-27)32-15-4-2-14(22)3-5-15/h2-5,10-11,16H,6-9,12H2,1H3. The second kappa shape index (κ2) is 8.50. The lowest BCUT2D eigenvalue weighted by atomic mass is 10.1. The normalized spacial score (nSPS) is 15.3. The molecule has 1 aliphatic rings. The van der Waals surface area contributed by atoms with Crippen LogP contribution in [0.4, 0.5) is 13.2 Å². The van der Waals surface area contributed by atoms with Crippen molar-refractivity contribution in [3.63, 3.8) is 0 Å². The second-order valence-corrected chi connectivity index (χ2v) is 8.14. The molecule has 2 aromatic heterocycles. The number of fused-ring (bicyclic) bond motifs is 1. The highest BCUT2D eigenvalue weighted by Gasteiger charge is 2.31. The van der Waals surface area contributed by atoms with Gasteiger partial charge in [0.2, 0.25) is 0 Å². The van der Waals surface area contributed by atoms with Crippen LogP contribution in [0.3, 0.4) is 0 Å². The van der Waals surface area contributed by atoms with E-state index in [1.54, 1.807) is 29.2 Å². The maximum absolute atomic E-state index is 13.1. The van der Waals surface area contributed by atoms with E-state index in [2.05, 4.69) is 5.10 Å². The van der Waals surface area contributed by atoms with Gasteiger partial charge in [0, 0.05) is 37.2 Å². The molecule has 0 unspecified atom stereocenters. The van der Waals surface area contributed by atoms with Gasteiger partial charge in [-0.3, -0.25) is 9.59 Å². The maximum Gasteiger partial charge on any atom is 0.406 e. The minimum Gasteiger partial charge on any atom is -0.490 e. The number of likely N-dealkylation sites (tertiary alicyclic amines) is 1. The number of nitrogens with zero attached hydrogens (tertiary/aromatic N) is 4. The maximum atomic E-state index is 13.1. The van der Waals surface area contributed by atoms with E-state index in [0.29, 0.717) is 47.0 Å². The van der Waals surface area contributed by atoms with Crippen molar-refractivity contribution in [2.75, 3.05) is 13.1 Å². The fraction of sp³-hybridized carbons (Fsp3) is 0.381. The molecule has 1 aliphatic heterocycles. The average Bonchev–Trinajstić information content (AvgIpc) is 3.18. The van der Waals surface area contributed by atoms with Gasteiger partial charge in [0.05, 0.1) is 17.5 Å². The zero-order chi connectivity index (χ0) is 23.0. The van der Waals surface area contributed by atoms with Gasteiger partial charge in [-0.1, -0.05) is 11.6 Å². The van der Waals surface area contributed by atoms with Crippen LogP contribution < -0.4 is 10.3 Å². The van der Waals surface area contributed by atoms with Crippen molar-refractivity contribution < 1.29 is 22.7 Å². The lowest BCUT2D eigenvalue weighted by molar-refractivity contribution is -0.141. The van der Waals surface area contributed by atoms with Crippen LogP contribution in [0.5, 0.6) is 5.75 Å². The first kappa shape index (κ1) is 22.2. The average molecular weight is 469 g/mol. The Hall–Kier alpha value is -3.01. The minimum atomic E-state index is -4.56. The molecule has 4 rings (SSSR count). The van der Waals surface area contributed by atoms with Gasteiger partial charge in [-0.05, 0) is 31.2 Å². The van der Waals surface area contributed by atoms with Crippen molar-refractivity contribution in [1.29, 1.82) is 0 Å². The molecule has 0 saturated carbocycles. The molecule has 1 fully saturated rings. The highest BCUT2D eigenvalue weighted by molar-refractivity contribution is 6.30. The van der Waals surface area contributed by atoms with Gasteiger partial charge in [-0.25, -0.2) is 4.52 Å². The van der Waals surface area contributed by atoms with Crippen molar-refractivity contribution in [1.82, 2.24) is 19.1 Å². The third-order valence-corrected chi connectivity index (χ3v) is 5.59. The predicted molar refractivity (Wildman–Crippen MR) is 111 cm³/mol. The summed E-state index contributed by atoms with van der Waals surface area (Å²) in [4.78, 5) is 27.4. The molecule has 1 aromatic carbocycles. The van der Waals surface area contributed by atoms with Gasteiger partial charge in [0.1, 0.15) is 23.9 Å². The fourth-order valence-corrected chi connectivity index (χ4v) is 3.94. The summed E-state index contributed by atoms with van der Waals surface area (Å²) >= 11 is 5.87. The van der Waals surface area contributed by atoms with E-state index in [1.807, 2.05) is 0 Å². The van der Waals surface area contributed by atoms with Crippen LogP contribution in [0.2, 0.25) is 5.02 Å². The van der Waals surface area contributed by atoms with Crippen molar-refractivity contribution in [2.24, 2.45) is 0 Å². The van der Waals surface area contributed by atoms with E-state index < -0.39 is 24.2 Å². The third-order valence-electron chi connectivity index (χ3n) is 5.34. The number of aryl methyl sites for hydroxylation is 1. The van der Waals surface area contributed by atoms with E-state index in [9.17, 15) is 22.8 Å². The van der Waals surface area contributed by atoms with E-state index in [4.69, 9.17) is 16.3 Å². The molecular weight excluding hydrogens is 449 g/mol. The summed E-state index contributed by atoms with van der Waals surface area (Å²) in [7, 11) is 0. The molecule has 3 aromatic rings. The van der Waals surface area contributed by atoms with Crippen molar-refractivity contribution >= 4 is 23.0 Å². The zero-order valence-electron chi connectivity index (χ0n) is 17.1. The Morgan fingerprint density at radius 2 is 1.88 bits per heavy atom. The third kappa shape index (κ3) is 4.59. The van der Waals surface area contributed by atoms with E-state index in [1.165, 1.54) is 17.6 Å². The molecule has 32 heavy (non-hydrogen) atoms. The smallest absolute Gasteiger partial charge is 0.406 e. The molecule has 0 atom stereocenters. The molecule has 1 saturated heterocycles. The molecule has 3 heterocycles. The lowest BCUT2D eigenvalue weighted by Gasteiger charge is -2.32. The predicted octanol–water partition coefficient (Wildman–Crippen LogP) is 3.70. The monoisotopic (exact) mass is 468 g/mol. The van der Waals surface area contributed by atoms with E-state index >= 15 is 0 Å². The molecule has 0 bridgehead atoms. The van der Waals surface area contributed by atoms with Crippen LogP contribution in [-0.2, 0) is 6.54 Å². The van der Waals surface area contributed by atoms with Crippen molar-refractivity contribution in [2.45, 2.75) is 38.6 Å². The van der Waals surface area contributed by atoms with Gasteiger partial charge < -0.3 is 14.2 Å². The Balaban J connectivity index is 1.52. The van der Waals surface area contributed by atoms with Gasteiger partial charge >= 0.3 is 6.18 Å². The Morgan fingerprint density at radius 1 is 1.22 bits per heavy atom. The number of hydrogen-bond donors (Lipinski definition) is 0. The van der Waals surface area contributed by atoms with Gasteiger partial charge in [-0.2, -0.15) is 18.3 Å². The topological polar surface area (TPSA) is 68.8 Å². The first-order valence-corrected chi connectivity index (χ1v) is 10.4. The van der Waals surface area contributed by atoms with E-state index in [0.717, 1.165) is 6.20 Å². The number of alkyl halides is 3. The number of piperidine rings is 1. The van der Waals surface area contributed by atoms with Gasteiger partial charge in [0.15, 0.2) is 0 Å². The molecule has 7 nitrogen and oxygen atoms in total. The molecular formula is C21H20ClF3N4O3. The SMILES string of the molecule is Cc1cn(CC(F)(F)F)c(=O)c2c(C(=O)N3CCC(Oc4ccc(Cl)cc4)CC3)cnn12. The molecule has 0 aliphatic carbocycles. The molecule has 170 valence electrons. The molecule has 0 spiro atoms. The Bertz CT molecular complexity index is 1200. The Labute approximate surface area is 185 Å². The summed E-state index contributed by atoms with van der Waals surface area (Å²) in [6.07, 6.45) is -1.18. The quantitative estimate of drug-likeness (QED) is 0.585. The lowest BCUT2D eigenvalue weighted by Crippen LogP contribution is -2.42. The van der Waals surface area contributed by atoms with E-state index in [-0.39, 0.29) is 17.2 Å². The number of carbonyl (C=O) groups excluding carboxylic acids is 1. The van der Waals surface area contributed by atoms with Crippen LogP contribution in [-0.4, -0.2) is 50.4 Å². The Kier molecular flexibility index (Phi) is 5.89. The van der Waals surface area contributed by atoms with Gasteiger partial charge in [-0.15, -0.1) is 0 Å². The second-order valence-electron chi connectivity index (χ2n) is 7.70. The van der Waals surface area contributed by atoms with Crippen LogP contribution in [0, 0.1) is 6.92 Å². The fourth-order valence-electron chi connectivity index (χ4n) is 3.82.